The van der Waals surface area contributed by atoms with Gasteiger partial charge in [0.05, 0.1) is 4.88 Å². The van der Waals surface area contributed by atoms with Crippen LogP contribution in [-0.4, -0.2) is 54.6 Å². The molecule has 1 aromatic heterocycles. The van der Waals surface area contributed by atoms with Crippen molar-refractivity contribution >= 4 is 46.2 Å². The molecule has 0 radical (unpaired) electrons. The van der Waals surface area contributed by atoms with Crippen molar-refractivity contribution in [2.75, 3.05) is 36.8 Å². The summed E-state index contributed by atoms with van der Waals surface area (Å²) in [4.78, 5) is 52.2. The van der Waals surface area contributed by atoms with Gasteiger partial charge in [-0.15, -0.1) is 11.3 Å². The maximum absolute atomic E-state index is 12.9. The van der Waals surface area contributed by atoms with Crippen molar-refractivity contribution in [3.8, 4) is 10.4 Å². The molecule has 0 spiro atoms. The zero-order chi connectivity index (χ0) is 24.9. The van der Waals surface area contributed by atoms with Gasteiger partial charge in [0.25, 0.3) is 17.7 Å². The van der Waals surface area contributed by atoms with Gasteiger partial charge in [0.2, 0.25) is 5.78 Å². The van der Waals surface area contributed by atoms with Gasteiger partial charge in [0, 0.05) is 54.9 Å². The highest BCUT2D eigenvalue weighted by Crippen LogP contribution is 2.31. The maximum atomic E-state index is 12.9. The Labute approximate surface area is 207 Å². The number of hydrogen-bond donors (Lipinski definition) is 3. The van der Waals surface area contributed by atoms with E-state index in [9.17, 15) is 19.2 Å². The third-order valence-corrected chi connectivity index (χ3v) is 6.82. The number of piperazine rings is 1. The van der Waals surface area contributed by atoms with Gasteiger partial charge in [-0.3, -0.25) is 19.2 Å². The van der Waals surface area contributed by atoms with E-state index >= 15 is 0 Å². The van der Waals surface area contributed by atoms with Crippen LogP contribution in [0.1, 0.15) is 32.5 Å². The summed E-state index contributed by atoms with van der Waals surface area (Å²) in [5.74, 6) is -1.65. The van der Waals surface area contributed by atoms with E-state index in [0.717, 1.165) is 29.1 Å². The molecule has 8 nitrogen and oxygen atoms in total. The van der Waals surface area contributed by atoms with Crippen LogP contribution >= 0.6 is 11.3 Å². The van der Waals surface area contributed by atoms with Crippen molar-refractivity contribution in [3.05, 3.63) is 70.6 Å². The van der Waals surface area contributed by atoms with E-state index in [1.807, 2.05) is 35.2 Å². The molecule has 0 bridgehead atoms. The van der Waals surface area contributed by atoms with Crippen molar-refractivity contribution in [2.24, 2.45) is 0 Å². The summed E-state index contributed by atoms with van der Waals surface area (Å²) in [5.41, 5.74) is 2.99. The van der Waals surface area contributed by atoms with Crippen molar-refractivity contribution in [3.63, 3.8) is 0 Å². The highest BCUT2D eigenvalue weighted by molar-refractivity contribution is 7.17. The van der Waals surface area contributed by atoms with Crippen LogP contribution in [0.2, 0.25) is 0 Å². The molecule has 0 saturated carbocycles. The lowest BCUT2D eigenvalue weighted by Crippen LogP contribution is -2.46. The number of anilines is 2. The number of amides is 3. The van der Waals surface area contributed by atoms with Gasteiger partial charge in [0.1, 0.15) is 0 Å². The Kier molecular flexibility index (Phi) is 7.38. The van der Waals surface area contributed by atoms with Crippen LogP contribution in [-0.2, 0) is 9.59 Å². The molecule has 2 aromatic carbocycles. The number of carbonyl (C=O) groups excluding carboxylic acids is 4. The third kappa shape index (κ3) is 5.82. The van der Waals surface area contributed by atoms with Gasteiger partial charge < -0.3 is 20.9 Å². The molecule has 3 amide bonds. The second-order valence-electron chi connectivity index (χ2n) is 8.28. The summed E-state index contributed by atoms with van der Waals surface area (Å²) in [6.07, 6.45) is 0. The summed E-state index contributed by atoms with van der Waals surface area (Å²) in [5, 5.41) is 8.66. The average Bonchev–Trinajstić information content (AvgIpc) is 3.36. The minimum absolute atomic E-state index is 0.0410. The Morgan fingerprint density at radius 3 is 2.46 bits per heavy atom. The first kappa shape index (κ1) is 24.3. The first-order chi connectivity index (χ1) is 16.8. The molecule has 180 valence electrons. The van der Waals surface area contributed by atoms with Gasteiger partial charge >= 0.3 is 0 Å². The van der Waals surface area contributed by atoms with Crippen LogP contribution in [0.4, 0.5) is 11.4 Å². The summed E-state index contributed by atoms with van der Waals surface area (Å²) in [6.45, 7) is 5.98. The van der Waals surface area contributed by atoms with E-state index in [-0.39, 0.29) is 11.8 Å². The summed E-state index contributed by atoms with van der Waals surface area (Å²) < 4.78 is 0. The molecular weight excluding hydrogens is 464 g/mol. The van der Waals surface area contributed by atoms with E-state index in [0.29, 0.717) is 34.9 Å². The number of Topliss-reactive ketones (excluding diaryl/α,β-unsaturated/α-hetero) is 1. The lowest BCUT2D eigenvalue weighted by molar-refractivity contribution is -0.133. The number of ketones is 1. The second-order valence-corrected chi connectivity index (χ2v) is 9.36. The highest BCUT2D eigenvalue weighted by atomic mass is 32.1. The lowest BCUT2D eigenvalue weighted by Gasteiger charge is -2.26. The maximum Gasteiger partial charge on any atom is 0.291 e. The Bertz CT molecular complexity index is 1290. The molecule has 1 aliphatic rings. The minimum Gasteiger partial charge on any atom is -0.335 e. The fourth-order valence-corrected chi connectivity index (χ4v) is 4.66. The number of thiophene rings is 1. The van der Waals surface area contributed by atoms with Crippen LogP contribution in [0.15, 0.2) is 54.6 Å². The highest BCUT2D eigenvalue weighted by Gasteiger charge is 2.20. The first-order valence-electron chi connectivity index (χ1n) is 11.3. The molecule has 3 aromatic rings. The quantitative estimate of drug-likeness (QED) is 0.458. The van der Waals surface area contributed by atoms with E-state index in [1.165, 1.54) is 18.3 Å². The van der Waals surface area contributed by atoms with Gasteiger partial charge in [-0.2, -0.15) is 0 Å². The molecule has 4 rings (SSSR count). The standard InChI is InChI=1S/C26H26N4O4S/c1-16-6-7-19(15-21(16)29-24(32)17(2)31)25(33)28-20-5-3-4-18(14-20)22-8-9-23(35-22)26(34)30-12-10-27-11-13-30/h3-9,14-15,27H,10-13H2,1-2H3,(H,28,33)(H,29,32). The van der Waals surface area contributed by atoms with Gasteiger partial charge in [0.15, 0.2) is 0 Å². The molecule has 3 N–H and O–H groups in total. The molecule has 1 saturated heterocycles. The molecule has 0 unspecified atom stereocenters. The molecular formula is C26H26N4O4S. The Hall–Kier alpha value is -3.82. The number of rotatable bonds is 6. The Morgan fingerprint density at radius 1 is 0.943 bits per heavy atom. The normalized spacial score (nSPS) is 13.3. The zero-order valence-electron chi connectivity index (χ0n) is 19.5. The number of carbonyl (C=O) groups is 4. The van der Waals surface area contributed by atoms with Crippen LogP contribution < -0.4 is 16.0 Å². The third-order valence-electron chi connectivity index (χ3n) is 5.69. The van der Waals surface area contributed by atoms with Crippen molar-refractivity contribution in [2.45, 2.75) is 13.8 Å². The van der Waals surface area contributed by atoms with E-state index in [4.69, 9.17) is 0 Å². The molecule has 0 aliphatic carbocycles. The molecule has 0 atom stereocenters. The fourth-order valence-electron chi connectivity index (χ4n) is 3.69. The van der Waals surface area contributed by atoms with Crippen LogP contribution in [0.5, 0.6) is 0 Å². The van der Waals surface area contributed by atoms with Crippen LogP contribution in [0.3, 0.4) is 0 Å². The Morgan fingerprint density at radius 2 is 1.71 bits per heavy atom. The van der Waals surface area contributed by atoms with Gasteiger partial charge in [-0.1, -0.05) is 18.2 Å². The van der Waals surface area contributed by atoms with Crippen LogP contribution in [0, 0.1) is 6.92 Å². The van der Waals surface area contributed by atoms with Crippen molar-refractivity contribution in [1.29, 1.82) is 0 Å². The Balaban J connectivity index is 1.48. The van der Waals surface area contributed by atoms with Crippen molar-refractivity contribution in [1.82, 2.24) is 10.2 Å². The fraction of sp³-hybridized carbons (Fsp3) is 0.231. The number of nitrogens with one attached hydrogen (secondary N) is 3. The number of nitrogens with zero attached hydrogens (tertiary/aromatic N) is 1. The summed E-state index contributed by atoms with van der Waals surface area (Å²) in [7, 11) is 0. The summed E-state index contributed by atoms with van der Waals surface area (Å²) >= 11 is 1.43. The number of benzene rings is 2. The molecule has 9 heteroatoms. The second kappa shape index (κ2) is 10.6. The predicted molar refractivity (Wildman–Crippen MR) is 137 cm³/mol. The largest absolute Gasteiger partial charge is 0.335 e. The smallest absolute Gasteiger partial charge is 0.291 e. The average molecular weight is 491 g/mol. The van der Waals surface area contributed by atoms with E-state index < -0.39 is 11.7 Å². The number of aryl methyl sites for hydroxylation is 1. The van der Waals surface area contributed by atoms with Crippen molar-refractivity contribution < 1.29 is 19.2 Å². The van der Waals surface area contributed by atoms with E-state index in [2.05, 4.69) is 16.0 Å². The van der Waals surface area contributed by atoms with Gasteiger partial charge in [-0.25, -0.2) is 0 Å². The van der Waals surface area contributed by atoms with Crippen LogP contribution in [0.25, 0.3) is 10.4 Å². The molecule has 1 fully saturated rings. The zero-order valence-corrected chi connectivity index (χ0v) is 20.3. The predicted octanol–water partition coefficient (Wildman–Crippen LogP) is 3.55. The SMILES string of the molecule is CC(=O)C(=O)Nc1cc(C(=O)Nc2cccc(-c3ccc(C(=O)N4CCNCC4)s3)c2)ccc1C. The van der Waals surface area contributed by atoms with Gasteiger partial charge in [-0.05, 0) is 54.4 Å². The topological polar surface area (TPSA) is 108 Å². The minimum atomic E-state index is -0.732. The first-order valence-corrected chi connectivity index (χ1v) is 12.1. The molecule has 1 aliphatic heterocycles. The molecule has 2 heterocycles. The molecule has 35 heavy (non-hydrogen) atoms. The number of hydrogen-bond acceptors (Lipinski definition) is 6. The lowest BCUT2D eigenvalue weighted by atomic mass is 10.1. The van der Waals surface area contributed by atoms with E-state index in [1.54, 1.807) is 31.2 Å². The summed E-state index contributed by atoms with van der Waals surface area (Å²) in [6, 6.07) is 16.1. The monoisotopic (exact) mass is 490 g/mol.